The van der Waals surface area contributed by atoms with Gasteiger partial charge in [-0.3, -0.25) is 9.78 Å². The molecule has 1 aliphatic carbocycles. The van der Waals surface area contributed by atoms with E-state index in [4.69, 9.17) is 0 Å². The monoisotopic (exact) mass is 396 g/mol. The number of aryl methyl sites for hydroxylation is 1. The Morgan fingerprint density at radius 2 is 1.82 bits per heavy atom. The lowest BCUT2D eigenvalue weighted by atomic mass is 10.0. The Morgan fingerprint density at radius 3 is 2.54 bits per heavy atom. The van der Waals surface area contributed by atoms with Gasteiger partial charge < -0.3 is 4.98 Å². The van der Waals surface area contributed by atoms with Crippen molar-refractivity contribution >= 4 is 26.5 Å². The Balaban J connectivity index is 1.41. The summed E-state index contributed by atoms with van der Waals surface area (Å²) in [5.41, 5.74) is 2.45. The summed E-state index contributed by atoms with van der Waals surface area (Å²) in [5, 5.41) is 0.674. The van der Waals surface area contributed by atoms with Crippen molar-refractivity contribution in [3.63, 3.8) is 0 Å². The maximum Gasteiger partial charge on any atom is 0.181 e. The summed E-state index contributed by atoms with van der Waals surface area (Å²) in [6.07, 6.45) is 9.01. The zero-order valence-electron chi connectivity index (χ0n) is 15.7. The van der Waals surface area contributed by atoms with Crippen LogP contribution < -0.4 is 0 Å². The number of carbonyl (C=O) groups excluding carboxylic acids is 1. The largest absolute Gasteiger partial charge is 0.352 e. The number of hydrogen-bond acceptors (Lipinski definition) is 4. The summed E-state index contributed by atoms with van der Waals surface area (Å²) >= 11 is 0. The minimum absolute atomic E-state index is 0.0371. The third-order valence-corrected chi connectivity index (χ3v) is 7.88. The number of aromatic nitrogens is 2. The van der Waals surface area contributed by atoms with Crippen LogP contribution in [0.5, 0.6) is 0 Å². The molecule has 0 bridgehead atoms. The molecule has 0 amide bonds. The fourth-order valence-corrected chi connectivity index (χ4v) is 5.78. The van der Waals surface area contributed by atoms with Gasteiger partial charge in [-0.25, -0.2) is 8.42 Å². The van der Waals surface area contributed by atoms with Gasteiger partial charge in [-0.15, -0.1) is 0 Å². The lowest BCUT2D eigenvalue weighted by molar-refractivity contribution is 0.0979. The van der Waals surface area contributed by atoms with E-state index in [-0.39, 0.29) is 11.0 Å². The molecule has 146 valence electrons. The highest BCUT2D eigenvalue weighted by Crippen LogP contribution is 2.28. The maximum atomic E-state index is 12.8. The second-order valence-corrected chi connectivity index (χ2v) is 9.75. The molecule has 0 atom stereocenters. The molecule has 28 heavy (non-hydrogen) atoms. The molecule has 1 N–H and O–H groups in total. The first-order valence-electron chi connectivity index (χ1n) is 9.83. The molecule has 2 heterocycles. The van der Waals surface area contributed by atoms with Crippen molar-refractivity contribution in [1.29, 1.82) is 0 Å². The highest BCUT2D eigenvalue weighted by atomic mass is 32.2. The molecule has 0 aliphatic heterocycles. The van der Waals surface area contributed by atoms with Gasteiger partial charge in [-0.1, -0.05) is 31.4 Å². The van der Waals surface area contributed by atoms with Crippen LogP contribution in [0.25, 0.3) is 10.9 Å². The number of hydrogen-bond donors (Lipinski definition) is 1. The highest BCUT2D eigenvalue weighted by Gasteiger charge is 2.28. The average Bonchev–Trinajstić information content (AvgIpc) is 3.17. The molecule has 6 heteroatoms. The van der Waals surface area contributed by atoms with Crippen molar-refractivity contribution in [2.45, 2.75) is 55.1 Å². The Labute approximate surface area is 165 Å². The van der Waals surface area contributed by atoms with Gasteiger partial charge in [0.15, 0.2) is 15.6 Å². The molecule has 1 aromatic carbocycles. The van der Waals surface area contributed by atoms with Crippen LogP contribution in [-0.4, -0.2) is 29.4 Å². The smallest absolute Gasteiger partial charge is 0.181 e. The molecule has 1 aliphatic rings. The van der Waals surface area contributed by atoms with E-state index in [0.717, 1.165) is 48.6 Å². The summed E-state index contributed by atoms with van der Waals surface area (Å²) in [5.74, 6) is 0.0371. The van der Waals surface area contributed by atoms with Gasteiger partial charge in [-0.05, 0) is 49.1 Å². The SMILES string of the molecule is O=C(CCc1ccc(S(=O)(=O)C2CCCCC2)cc1)c1cc2cnccc2[nH]1. The summed E-state index contributed by atoms with van der Waals surface area (Å²) in [6.45, 7) is 0. The molecule has 5 nitrogen and oxygen atoms in total. The van der Waals surface area contributed by atoms with E-state index < -0.39 is 9.84 Å². The zero-order chi connectivity index (χ0) is 19.6. The maximum absolute atomic E-state index is 12.8. The third-order valence-electron chi connectivity index (χ3n) is 5.61. The van der Waals surface area contributed by atoms with Crippen LogP contribution in [0.3, 0.4) is 0 Å². The quantitative estimate of drug-likeness (QED) is 0.623. The summed E-state index contributed by atoms with van der Waals surface area (Å²) < 4.78 is 25.5. The zero-order valence-corrected chi connectivity index (χ0v) is 16.5. The minimum Gasteiger partial charge on any atom is -0.352 e. The Hall–Kier alpha value is -2.47. The molecule has 0 saturated heterocycles. The summed E-state index contributed by atoms with van der Waals surface area (Å²) in [4.78, 5) is 20.1. The molecule has 1 saturated carbocycles. The van der Waals surface area contributed by atoms with Crippen LogP contribution in [-0.2, 0) is 16.3 Å². The van der Waals surface area contributed by atoms with Gasteiger partial charge in [-0.2, -0.15) is 0 Å². The Bertz CT molecular complexity index is 1050. The van der Waals surface area contributed by atoms with E-state index in [1.54, 1.807) is 24.5 Å². The van der Waals surface area contributed by atoms with Crippen molar-refractivity contribution < 1.29 is 13.2 Å². The second kappa shape index (κ2) is 7.87. The van der Waals surface area contributed by atoms with Gasteiger partial charge in [0.1, 0.15) is 0 Å². The van der Waals surface area contributed by atoms with Gasteiger partial charge in [0.25, 0.3) is 0 Å². The topological polar surface area (TPSA) is 79.9 Å². The number of sulfone groups is 1. The molecule has 4 rings (SSSR count). The van der Waals surface area contributed by atoms with E-state index >= 15 is 0 Å². The Kier molecular flexibility index (Phi) is 5.31. The van der Waals surface area contributed by atoms with E-state index in [1.165, 1.54) is 0 Å². The van der Waals surface area contributed by atoms with Crippen LogP contribution in [0.2, 0.25) is 0 Å². The van der Waals surface area contributed by atoms with Crippen molar-refractivity contribution in [3.05, 3.63) is 60.0 Å². The van der Waals surface area contributed by atoms with Crippen LogP contribution in [0.4, 0.5) is 0 Å². The minimum atomic E-state index is -3.25. The van der Waals surface area contributed by atoms with Crippen molar-refractivity contribution in [3.8, 4) is 0 Å². The number of nitrogens with one attached hydrogen (secondary N) is 1. The van der Waals surface area contributed by atoms with E-state index in [2.05, 4.69) is 9.97 Å². The van der Waals surface area contributed by atoms with E-state index in [1.807, 2.05) is 24.3 Å². The lowest BCUT2D eigenvalue weighted by Crippen LogP contribution is -2.24. The Morgan fingerprint density at radius 1 is 1.07 bits per heavy atom. The number of carbonyl (C=O) groups is 1. The number of aromatic amines is 1. The molecule has 1 fully saturated rings. The molecule has 3 aromatic rings. The fourth-order valence-electron chi connectivity index (χ4n) is 3.93. The molecule has 0 radical (unpaired) electrons. The first-order chi connectivity index (χ1) is 13.5. The predicted octanol–water partition coefficient (Wildman–Crippen LogP) is 4.48. The van der Waals surface area contributed by atoms with Crippen LogP contribution in [0, 0.1) is 0 Å². The number of Topliss-reactive ketones (excluding diaryl/α,β-unsaturated/α-hetero) is 1. The van der Waals surface area contributed by atoms with Crippen molar-refractivity contribution in [1.82, 2.24) is 9.97 Å². The first-order valence-corrected chi connectivity index (χ1v) is 11.4. The van der Waals surface area contributed by atoms with Gasteiger partial charge in [0.2, 0.25) is 0 Å². The molecular weight excluding hydrogens is 372 g/mol. The van der Waals surface area contributed by atoms with Crippen LogP contribution in [0.15, 0.2) is 53.7 Å². The summed E-state index contributed by atoms with van der Waals surface area (Å²) in [6, 6.07) is 10.7. The van der Waals surface area contributed by atoms with Gasteiger partial charge in [0.05, 0.1) is 15.8 Å². The fraction of sp³-hybridized carbons (Fsp3) is 0.364. The number of H-pyrrole nitrogens is 1. The van der Waals surface area contributed by atoms with Crippen LogP contribution in [0.1, 0.15) is 54.6 Å². The van der Waals surface area contributed by atoms with Crippen LogP contribution >= 0.6 is 0 Å². The first kappa shape index (κ1) is 18.9. The molecule has 2 aromatic heterocycles. The summed E-state index contributed by atoms with van der Waals surface area (Å²) in [7, 11) is -3.25. The van der Waals surface area contributed by atoms with E-state index in [0.29, 0.717) is 23.4 Å². The predicted molar refractivity (Wildman–Crippen MR) is 109 cm³/mol. The standard InChI is InChI=1S/C22H24N2O3S/c25-22(21-14-17-15-23-13-12-20(17)24-21)11-8-16-6-9-19(10-7-16)28(26,27)18-4-2-1-3-5-18/h6-7,9-10,12-15,18,24H,1-5,8,11H2. The normalized spacial score (nSPS) is 15.7. The van der Waals surface area contributed by atoms with Gasteiger partial charge in [0, 0.05) is 29.7 Å². The number of ketones is 1. The molecular formula is C22H24N2O3S. The second-order valence-electron chi connectivity index (χ2n) is 7.52. The number of rotatable bonds is 6. The van der Waals surface area contributed by atoms with Crippen molar-refractivity contribution in [2.75, 3.05) is 0 Å². The molecule has 0 unspecified atom stereocenters. The number of fused-ring (bicyclic) bond motifs is 1. The average molecular weight is 397 g/mol. The lowest BCUT2D eigenvalue weighted by Gasteiger charge is -2.21. The van der Waals surface area contributed by atoms with E-state index in [9.17, 15) is 13.2 Å². The van der Waals surface area contributed by atoms with Crippen molar-refractivity contribution in [2.24, 2.45) is 0 Å². The number of pyridine rings is 1. The third kappa shape index (κ3) is 3.87. The molecule has 0 spiro atoms. The highest BCUT2D eigenvalue weighted by molar-refractivity contribution is 7.92. The number of benzene rings is 1. The number of nitrogens with zero attached hydrogens (tertiary/aromatic N) is 1. The van der Waals surface area contributed by atoms with Gasteiger partial charge >= 0.3 is 0 Å².